The molecule has 2 rings (SSSR count). The molecule has 2 nitrogen and oxygen atoms in total. The summed E-state index contributed by atoms with van der Waals surface area (Å²) in [6, 6.07) is 0. The molecule has 0 saturated heterocycles. The van der Waals surface area contributed by atoms with Crippen LogP contribution in [0.3, 0.4) is 0 Å². The van der Waals surface area contributed by atoms with Crippen molar-refractivity contribution < 1.29 is 0 Å². The molecule has 2 aliphatic carbocycles. The predicted molar refractivity (Wildman–Crippen MR) is 83.1 cm³/mol. The van der Waals surface area contributed by atoms with Crippen LogP contribution in [-0.2, 0) is 0 Å². The van der Waals surface area contributed by atoms with Gasteiger partial charge in [-0.1, -0.05) is 30.9 Å². The molecule has 0 amide bonds. The van der Waals surface area contributed by atoms with Gasteiger partial charge in [-0.15, -0.1) is 11.6 Å². The molecule has 1 unspecified atom stereocenters. The first-order valence-corrected chi connectivity index (χ1v) is 7.16. The van der Waals surface area contributed by atoms with Gasteiger partial charge in [0.1, 0.15) is 0 Å². The minimum atomic E-state index is 0.00739. The maximum absolute atomic E-state index is 6.35. The summed E-state index contributed by atoms with van der Waals surface area (Å²) in [5.74, 6) is 0. The van der Waals surface area contributed by atoms with Crippen molar-refractivity contribution in [3.05, 3.63) is 59.5 Å². The quantitative estimate of drug-likeness (QED) is 0.752. The molecule has 0 aromatic rings. The van der Waals surface area contributed by atoms with Gasteiger partial charge in [0, 0.05) is 25.0 Å². The third-order valence-corrected chi connectivity index (χ3v) is 3.82. The largest absolute Gasteiger partial charge is 0.388 e. The average molecular weight is 277 g/mol. The first-order chi connectivity index (χ1) is 9.20. The van der Waals surface area contributed by atoms with Gasteiger partial charge in [-0.05, 0) is 36.5 Å². The third kappa shape index (κ3) is 3.77. The van der Waals surface area contributed by atoms with Gasteiger partial charge in [-0.2, -0.15) is 0 Å². The standard InChI is InChI=1S/C16H21ClN2/c1-12(19-11-13-6-4-3-5-7-13)15-10-14(18-2)8-9-16(15)17/h4,6-8,10,16,18-19H,1,3,5,9,11H2,2H3. The van der Waals surface area contributed by atoms with Gasteiger partial charge in [0.05, 0.1) is 5.38 Å². The Labute approximate surface area is 120 Å². The Morgan fingerprint density at radius 1 is 1.42 bits per heavy atom. The minimum Gasteiger partial charge on any atom is -0.388 e. The molecule has 0 fully saturated rings. The van der Waals surface area contributed by atoms with Crippen LogP contribution in [0.1, 0.15) is 19.3 Å². The van der Waals surface area contributed by atoms with Crippen LogP contribution in [0.2, 0.25) is 0 Å². The highest BCUT2D eigenvalue weighted by atomic mass is 35.5. The summed E-state index contributed by atoms with van der Waals surface area (Å²) in [6.45, 7) is 4.93. The first kappa shape index (κ1) is 14.0. The Kier molecular flexibility index (Phi) is 4.92. The number of halogens is 1. The fraction of sp³-hybridized carbons (Fsp3) is 0.375. The monoisotopic (exact) mass is 276 g/mol. The van der Waals surface area contributed by atoms with Crippen molar-refractivity contribution in [3.8, 4) is 0 Å². The van der Waals surface area contributed by atoms with Crippen molar-refractivity contribution >= 4 is 11.6 Å². The van der Waals surface area contributed by atoms with E-state index in [1.54, 1.807) is 0 Å². The molecule has 1 atom stereocenters. The Hall–Kier alpha value is -1.41. The number of nitrogens with one attached hydrogen (secondary N) is 2. The lowest BCUT2D eigenvalue weighted by Crippen LogP contribution is -2.23. The molecule has 19 heavy (non-hydrogen) atoms. The first-order valence-electron chi connectivity index (χ1n) is 6.73. The summed E-state index contributed by atoms with van der Waals surface area (Å²) in [4.78, 5) is 0. The van der Waals surface area contributed by atoms with Gasteiger partial charge in [-0.3, -0.25) is 0 Å². The molecule has 3 heteroatoms. The number of hydrogen-bond acceptors (Lipinski definition) is 2. The van der Waals surface area contributed by atoms with E-state index in [1.807, 2.05) is 7.05 Å². The van der Waals surface area contributed by atoms with E-state index in [9.17, 15) is 0 Å². The second-order valence-electron chi connectivity index (χ2n) is 4.80. The normalized spacial score (nSPS) is 22.2. The number of hydrogen-bond donors (Lipinski definition) is 2. The molecule has 2 N–H and O–H groups in total. The molecular weight excluding hydrogens is 256 g/mol. The Morgan fingerprint density at radius 3 is 2.95 bits per heavy atom. The van der Waals surface area contributed by atoms with E-state index in [1.165, 1.54) is 5.57 Å². The van der Waals surface area contributed by atoms with Crippen molar-refractivity contribution in [2.24, 2.45) is 0 Å². The Morgan fingerprint density at radius 2 is 2.26 bits per heavy atom. The molecule has 102 valence electrons. The van der Waals surface area contributed by atoms with E-state index in [2.05, 4.69) is 47.6 Å². The zero-order valence-corrected chi connectivity index (χ0v) is 12.1. The van der Waals surface area contributed by atoms with Gasteiger partial charge in [0.25, 0.3) is 0 Å². The second-order valence-corrected chi connectivity index (χ2v) is 5.33. The summed E-state index contributed by atoms with van der Waals surface area (Å²) < 4.78 is 0. The minimum absolute atomic E-state index is 0.00739. The van der Waals surface area contributed by atoms with Crippen molar-refractivity contribution in [1.82, 2.24) is 10.6 Å². The maximum Gasteiger partial charge on any atom is 0.0641 e. The van der Waals surface area contributed by atoms with Gasteiger partial charge in [0.2, 0.25) is 0 Å². The van der Waals surface area contributed by atoms with E-state index in [-0.39, 0.29) is 5.38 Å². The van der Waals surface area contributed by atoms with Gasteiger partial charge in [-0.25, -0.2) is 0 Å². The van der Waals surface area contributed by atoms with Crippen molar-refractivity contribution in [2.75, 3.05) is 13.6 Å². The van der Waals surface area contributed by atoms with Crippen molar-refractivity contribution in [2.45, 2.75) is 24.6 Å². The number of allylic oxidation sites excluding steroid dienone is 5. The van der Waals surface area contributed by atoms with Crippen LogP contribution in [0.5, 0.6) is 0 Å². The summed E-state index contributed by atoms with van der Waals surface area (Å²) in [7, 11) is 1.92. The van der Waals surface area contributed by atoms with E-state index in [4.69, 9.17) is 11.6 Å². The van der Waals surface area contributed by atoms with Crippen LogP contribution < -0.4 is 10.6 Å². The highest BCUT2D eigenvalue weighted by Gasteiger charge is 2.17. The zero-order valence-electron chi connectivity index (χ0n) is 11.4. The summed E-state index contributed by atoms with van der Waals surface area (Å²) in [5, 5.41) is 6.53. The van der Waals surface area contributed by atoms with E-state index in [0.717, 1.165) is 42.8 Å². The molecule has 0 spiro atoms. The van der Waals surface area contributed by atoms with E-state index in [0.29, 0.717) is 0 Å². The molecule has 0 aromatic carbocycles. The van der Waals surface area contributed by atoms with Crippen molar-refractivity contribution in [3.63, 3.8) is 0 Å². The zero-order chi connectivity index (χ0) is 13.7. The average Bonchev–Trinajstić information content (AvgIpc) is 2.46. The predicted octanol–water partition coefficient (Wildman–Crippen LogP) is 3.41. The van der Waals surface area contributed by atoms with Gasteiger partial charge in [0.15, 0.2) is 0 Å². The molecule has 0 radical (unpaired) electrons. The van der Waals surface area contributed by atoms with Gasteiger partial charge >= 0.3 is 0 Å². The highest BCUT2D eigenvalue weighted by Crippen LogP contribution is 2.25. The van der Waals surface area contributed by atoms with E-state index >= 15 is 0 Å². The topological polar surface area (TPSA) is 24.1 Å². The molecular formula is C16H21ClN2. The Bertz CT molecular complexity index is 469. The molecule has 0 saturated carbocycles. The van der Waals surface area contributed by atoms with Crippen LogP contribution in [0, 0.1) is 0 Å². The lowest BCUT2D eigenvalue weighted by atomic mass is 9.99. The summed E-state index contributed by atoms with van der Waals surface area (Å²) in [5.41, 5.74) is 4.42. The smallest absolute Gasteiger partial charge is 0.0641 e. The number of likely N-dealkylation sites (N-methyl/N-ethyl adjacent to an activating group) is 1. The van der Waals surface area contributed by atoms with Crippen molar-refractivity contribution in [1.29, 1.82) is 0 Å². The number of rotatable bonds is 5. The van der Waals surface area contributed by atoms with Crippen LogP contribution in [0.15, 0.2) is 59.5 Å². The lowest BCUT2D eigenvalue weighted by molar-refractivity contribution is 0.832. The van der Waals surface area contributed by atoms with Crippen LogP contribution in [0.4, 0.5) is 0 Å². The number of alkyl halides is 1. The molecule has 0 aromatic heterocycles. The summed E-state index contributed by atoms with van der Waals surface area (Å²) in [6.07, 6.45) is 14.0. The fourth-order valence-corrected chi connectivity index (χ4v) is 2.52. The highest BCUT2D eigenvalue weighted by molar-refractivity contribution is 6.23. The second kappa shape index (κ2) is 6.67. The lowest BCUT2D eigenvalue weighted by Gasteiger charge is -2.22. The van der Waals surface area contributed by atoms with Gasteiger partial charge < -0.3 is 10.6 Å². The SMILES string of the molecule is C=C(NCC1=CCCC=C1)C1=CC(NC)=CCC1Cl. The fourth-order valence-electron chi connectivity index (χ4n) is 2.23. The van der Waals surface area contributed by atoms with Crippen LogP contribution >= 0.6 is 11.6 Å². The molecule has 2 aliphatic rings. The van der Waals surface area contributed by atoms with Crippen LogP contribution in [0.25, 0.3) is 0 Å². The molecule has 0 aliphatic heterocycles. The van der Waals surface area contributed by atoms with Crippen LogP contribution in [-0.4, -0.2) is 19.0 Å². The Balaban J connectivity index is 1.95. The molecule has 0 heterocycles. The third-order valence-electron chi connectivity index (χ3n) is 3.41. The van der Waals surface area contributed by atoms with E-state index < -0.39 is 0 Å². The maximum atomic E-state index is 6.35. The molecule has 0 bridgehead atoms. The summed E-state index contributed by atoms with van der Waals surface area (Å²) >= 11 is 6.35.